The first-order valence-electron chi connectivity index (χ1n) is 4.00. The van der Waals surface area contributed by atoms with Crippen LogP contribution in [-0.4, -0.2) is 16.1 Å². The standard InChI is InChI=1S/C8H4F5NO3/c9-5(10)2-1-3(8(11,12)13)14-6(15)4(2)7(16)17/h1,5H,(H,14,15)(H,16,17). The Morgan fingerprint density at radius 2 is 1.88 bits per heavy atom. The van der Waals surface area contributed by atoms with E-state index in [2.05, 4.69) is 0 Å². The summed E-state index contributed by atoms with van der Waals surface area (Å²) in [6.45, 7) is 0. The van der Waals surface area contributed by atoms with Crippen molar-refractivity contribution in [2.45, 2.75) is 12.6 Å². The lowest BCUT2D eigenvalue weighted by molar-refractivity contribution is -0.141. The first kappa shape index (κ1) is 13.1. The summed E-state index contributed by atoms with van der Waals surface area (Å²) in [5.41, 5.74) is -6.30. The maximum absolute atomic E-state index is 12.4. The number of halogens is 5. The second kappa shape index (κ2) is 4.15. The summed E-state index contributed by atoms with van der Waals surface area (Å²) in [6, 6.07) is -0.0878. The van der Waals surface area contributed by atoms with E-state index in [9.17, 15) is 31.5 Å². The van der Waals surface area contributed by atoms with Gasteiger partial charge in [-0.3, -0.25) is 4.79 Å². The molecule has 1 aromatic heterocycles. The highest BCUT2D eigenvalue weighted by Crippen LogP contribution is 2.30. The summed E-state index contributed by atoms with van der Waals surface area (Å²) in [4.78, 5) is 22.7. The van der Waals surface area contributed by atoms with Gasteiger partial charge in [0.1, 0.15) is 11.3 Å². The number of H-pyrrole nitrogens is 1. The summed E-state index contributed by atoms with van der Waals surface area (Å²) < 4.78 is 61.3. The number of rotatable bonds is 2. The molecule has 0 atom stereocenters. The molecule has 0 aliphatic heterocycles. The number of aromatic amines is 1. The fourth-order valence-electron chi connectivity index (χ4n) is 1.13. The van der Waals surface area contributed by atoms with Crippen LogP contribution in [-0.2, 0) is 6.18 Å². The third kappa shape index (κ3) is 2.60. The zero-order chi connectivity index (χ0) is 13.4. The molecule has 0 fully saturated rings. The fraction of sp³-hybridized carbons (Fsp3) is 0.250. The van der Waals surface area contributed by atoms with Crippen LogP contribution in [0.5, 0.6) is 0 Å². The summed E-state index contributed by atoms with van der Waals surface area (Å²) in [6.07, 6.45) is -8.54. The number of aromatic nitrogens is 1. The molecule has 0 aromatic carbocycles. The van der Waals surface area contributed by atoms with E-state index in [1.165, 1.54) is 4.98 Å². The van der Waals surface area contributed by atoms with E-state index in [1.807, 2.05) is 0 Å². The second-order valence-corrected chi connectivity index (χ2v) is 2.95. The Balaban J connectivity index is 3.59. The highest BCUT2D eigenvalue weighted by molar-refractivity contribution is 5.89. The SMILES string of the molecule is O=C(O)c1c(C(F)F)cc(C(F)(F)F)[nH]c1=O. The summed E-state index contributed by atoms with van der Waals surface area (Å²) >= 11 is 0. The number of pyridine rings is 1. The third-order valence-electron chi connectivity index (χ3n) is 1.82. The molecule has 0 aliphatic rings. The van der Waals surface area contributed by atoms with Crippen molar-refractivity contribution >= 4 is 5.97 Å². The van der Waals surface area contributed by atoms with Crippen LogP contribution < -0.4 is 5.56 Å². The monoisotopic (exact) mass is 257 g/mol. The summed E-state index contributed by atoms with van der Waals surface area (Å²) in [5, 5.41) is 8.45. The number of nitrogens with one attached hydrogen (secondary N) is 1. The summed E-state index contributed by atoms with van der Waals surface area (Å²) in [5.74, 6) is -2.02. The lowest BCUT2D eigenvalue weighted by Gasteiger charge is -2.10. The van der Waals surface area contributed by atoms with Gasteiger partial charge >= 0.3 is 12.1 Å². The van der Waals surface area contributed by atoms with Crippen LogP contribution >= 0.6 is 0 Å². The van der Waals surface area contributed by atoms with Gasteiger partial charge in [0.25, 0.3) is 12.0 Å². The minimum atomic E-state index is -5.04. The van der Waals surface area contributed by atoms with Crippen LogP contribution in [0.25, 0.3) is 0 Å². The van der Waals surface area contributed by atoms with E-state index in [4.69, 9.17) is 5.11 Å². The summed E-state index contributed by atoms with van der Waals surface area (Å²) in [7, 11) is 0. The second-order valence-electron chi connectivity index (χ2n) is 2.95. The van der Waals surface area contributed by atoms with Crippen LogP contribution in [0.15, 0.2) is 10.9 Å². The van der Waals surface area contributed by atoms with Crippen LogP contribution in [0.1, 0.15) is 28.0 Å². The van der Waals surface area contributed by atoms with Crippen molar-refractivity contribution in [2.24, 2.45) is 0 Å². The van der Waals surface area contributed by atoms with Crippen molar-refractivity contribution in [2.75, 3.05) is 0 Å². The number of carboxylic acids is 1. The molecule has 0 unspecified atom stereocenters. The zero-order valence-electron chi connectivity index (χ0n) is 7.81. The molecule has 9 heteroatoms. The van der Waals surface area contributed by atoms with E-state index in [-0.39, 0.29) is 6.07 Å². The molecule has 94 valence electrons. The Morgan fingerprint density at radius 3 is 2.24 bits per heavy atom. The highest BCUT2D eigenvalue weighted by atomic mass is 19.4. The number of hydrogen-bond donors (Lipinski definition) is 2. The van der Waals surface area contributed by atoms with Crippen molar-refractivity contribution in [3.8, 4) is 0 Å². The lowest BCUT2D eigenvalue weighted by Crippen LogP contribution is -2.25. The number of hydrogen-bond acceptors (Lipinski definition) is 2. The van der Waals surface area contributed by atoms with Gasteiger partial charge in [-0.1, -0.05) is 0 Å². The predicted octanol–water partition coefficient (Wildman–Crippen LogP) is 2.03. The zero-order valence-corrected chi connectivity index (χ0v) is 7.81. The molecule has 1 aromatic rings. The molecule has 0 amide bonds. The van der Waals surface area contributed by atoms with Gasteiger partial charge < -0.3 is 10.1 Å². The molecule has 0 radical (unpaired) electrons. The van der Waals surface area contributed by atoms with Crippen molar-refractivity contribution in [1.82, 2.24) is 4.98 Å². The molecule has 0 bridgehead atoms. The Morgan fingerprint density at radius 1 is 1.35 bits per heavy atom. The quantitative estimate of drug-likeness (QED) is 0.796. The Labute approximate surface area is 89.7 Å². The fourth-order valence-corrected chi connectivity index (χ4v) is 1.13. The van der Waals surface area contributed by atoms with E-state index in [0.717, 1.165) is 0 Å². The van der Waals surface area contributed by atoms with Crippen LogP contribution in [0.2, 0.25) is 0 Å². The third-order valence-corrected chi connectivity index (χ3v) is 1.82. The predicted molar refractivity (Wildman–Crippen MR) is 44.0 cm³/mol. The molecular weight excluding hydrogens is 253 g/mol. The van der Waals surface area contributed by atoms with E-state index in [1.54, 1.807) is 0 Å². The minimum absolute atomic E-state index is 0.0878. The van der Waals surface area contributed by atoms with Gasteiger partial charge in [0.2, 0.25) is 0 Å². The van der Waals surface area contributed by atoms with Gasteiger partial charge in [0, 0.05) is 5.56 Å². The average Bonchev–Trinajstić information content (AvgIpc) is 2.13. The van der Waals surface area contributed by atoms with Gasteiger partial charge in [0.15, 0.2) is 0 Å². The number of carboxylic acid groups (broad SMARTS) is 1. The topological polar surface area (TPSA) is 70.2 Å². The lowest BCUT2D eigenvalue weighted by atomic mass is 10.1. The maximum Gasteiger partial charge on any atom is 0.431 e. The first-order chi connectivity index (χ1) is 7.64. The van der Waals surface area contributed by atoms with Crippen LogP contribution in [0.4, 0.5) is 22.0 Å². The minimum Gasteiger partial charge on any atom is -0.477 e. The van der Waals surface area contributed by atoms with Gasteiger partial charge in [0.05, 0.1) is 0 Å². The van der Waals surface area contributed by atoms with Crippen molar-refractivity contribution in [3.63, 3.8) is 0 Å². The molecule has 1 rings (SSSR count). The molecule has 0 saturated carbocycles. The molecule has 0 aliphatic carbocycles. The van der Waals surface area contributed by atoms with Gasteiger partial charge in [-0.15, -0.1) is 0 Å². The number of aromatic carboxylic acids is 1. The number of carbonyl (C=O) groups is 1. The van der Waals surface area contributed by atoms with E-state index >= 15 is 0 Å². The molecule has 0 spiro atoms. The molecule has 0 saturated heterocycles. The van der Waals surface area contributed by atoms with E-state index < -0.39 is 41.0 Å². The first-order valence-corrected chi connectivity index (χ1v) is 4.00. The Hall–Kier alpha value is -1.93. The van der Waals surface area contributed by atoms with Crippen molar-refractivity contribution < 1.29 is 31.9 Å². The highest BCUT2D eigenvalue weighted by Gasteiger charge is 2.35. The molecule has 2 N–H and O–H groups in total. The normalized spacial score (nSPS) is 11.9. The number of alkyl halides is 5. The molecular formula is C8H4F5NO3. The average molecular weight is 257 g/mol. The smallest absolute Gasteiger partial charge is 0.431 e. The van der Waals surface area contributed by atoms with Gasteiger partial charge in [-0.05, 0) is 6.07 Å². The van der Waals surface area contributed by atoms with Crippen molar-refractivity contribution in [1.29, 1.82) is 0 Å². The molecule has 17 heavy (non-hydrogen) atoms. The Kier molecular flexibility index (Phi) is 3.21. The van der Waals surface area contributed by atoms with Gasteiger partial charge in [-0.25, -0.2) is 13.6 Å². The van der Waals surface area contributed by atoms with E-state index in [0.29, 0.717) is 0 Å². The van der Waals surface area contributed by atoms with Crippen molar-refractivity contribution in [3.05, 3.63) is 33.2 Å². The molecule has 4 nitrogen and oxygen atoms in total. The van der Waals surface area contributed by atoms with Gasteiger partial charge in [-0.2, -0.15) is 13.2 Å². The Bertz CT molecular complexity index is 505. The largest absolute Gasteiger partial charge is 0.477 e. The van der Waals surface area contributed by atoms with Crippen LogP contribution in [0, 0.1) is 0 Å². The maximum atomic E-state index is 12.4. The van der Waals surface area contributed by atoms with Crippen LogP contribution in [0.3, 0.4) is 0 Å². The molecule has 1 heterocycles.